The molecule has 0 saturated carbocycles. The fraction of sp³-hybridized carbons (Fsp3) is 0.471. The van der Waals surface area contributed by atoms with Crippen LogP contribution in [0.3, 0.4) is 0 Å². The fourth-order valence-corrected chi connectivity index (χ4v) is 2.31. The van der Waals surface area contributed by atoms with E-state index >= 15 is 0 Å². The van der Waals surface area contributed by atoms with Gasteiger partial charge in [0, 0.05) is 6.07 Å². The normalized spacial score (nSPS) is 19.2. The van der Waals surface area contributed by atoms with Crippen LogP contribution in [0.15, 0.2) is 40.9 Å². The van der Waals surface area contributed by atoms with Crippen LogP contribution >= 0.6 is 0 Å². The van der Waals surface area contributed by atoms with Gasteiger partial charge < -0.3 is 18.6 Å². The maximum absolute atomic E-state index is 5.94. The third-order valence-electron chi connectivity index (χ3n) is 4.42. The van der Waals surface area contributed by atoms with Crippen molar-refractivity contribution >= 4 is 12.8 Å². The molecule has 0 N–H and O–H groups in total. The molecule has 1 fully saturated rings. The van der Waals surface area contributed by atoms with Gasteiger partial charge in [0.25, 0.3) is 0 Å². The first-order valence-corrected chi connectivity index (χ1v) is 7.80. The van der Waals surface area contributed by atoms with Crippen LogP contribution in [0.5, 0.6) is 0 Å². The molecule has 5 nitrogen and oxygen atoms in total. The summed E-state index contributed by atoms with van der Waals surface area (Å²) in [6, 6.07) is 11.8. The van der Waals surface area contributed by atoms with Crippen molar-refractivity contribution < 1.29 is 18.6 Å². The summed E-state index contributed by atoms with van der Waals surface area (Å²) in [5.74, 6) is 0. The molecule has 0 amide bonds. The van der Waals surface area contributed by atoms with Gasteiger partial charge in [-0.05, 0) is 33.3 Å². The summed E-state index contributed by atoms with van der Waals surface area (Å²) in [7, 11) is -0.532. The predicted molar refractivity (Wildman–Crippen MR) is 87.2 cm³/mol. The number of benzene rings is 1. The molecule has 0 unspecified atom stereocenters. The molecule has 23 heavy (non-hydrogen) atoms. The second kappa shape index (κ2) is 6.11. The quantitative estimate of drug-likeness (QED) is 0.794. The van der Waals surface area contributed by atoms with Crippen molar-refractivity contribution in [2.24, 2.45) is 0 Å². The van der Waals surface area contributed by atoms with Gasteiger partial charge in [-0.3, -0.25) is 0 Å². The molecule has 1 aliphatic rings. The molecule has 0 bridgehead atoms. The van der Waals surface area contributed by atoms with E-state index in [9.17, 15) is 0 Å². The Kier molecular flexibility index (Phi) is 4.32. The van der Waals surface area contributed by atoms with Crippen molar-refractivity contribution in [2.45, 2.75) is 52.1 Å². The Labute approximate surface area is 137 Å². The molecular formula is C17H22BNO4. The SMILES string of the molecule is CC1(C)OB(c2cc(COCc3ccccc3)no2)OC1(C)C. The van der Waals surface area contributed by atoms with Gasteiger partial charge in [0.2, 0.25) is 0 Å². The number of rotatable bonds is 5. The van der Waals surface area contributed by atoms with Crippen LogP contribution in [0.25, 0.3) is 0 Å². The molecular weight excluding hydrogens is 293 g/mol. The van der Waals surface area contributed by atoms with Crippen LogP contribution in [0, 0.1) is 0 Å². The molecule has 0 atom stereocenters. The average Bonchev–Trinajstić information content (AvgIpc) is 3.03. The highest BCUT2D eigenvalue weighted by Gasteiger charge is 2.53. The Balaban J connectivity index is 1.57. The number of aromatic nitrogens is 1. The molecule has 1 saturated heterocycles. The first-order valence-electron chi connectivity index (χ1n) is 7.80. The van der Waals surface area contributed by atoms with Crippen molar-refractivity contribution in [3.05, 3.63) is 47.7 Å². The van der Waals surface area contributed by atoms with Gasteiger partial charge >= 0.3 is 7.12 Å². The Bertz CT molecular complexity index is 638. The minimum atomic E-state index is -0.532. The lowest BCUT2D eigenvalue weighted by molar-refractivity contribution is 0.00578. The van der Waals surface area contributed by atoms with Gasteiger partial charge in [-0.25, -0.2) is 0 Å². The van der Waals surface area contributed by atoms with Crippen LogP contribution in [-0.4, -0.2) is 23.5 Å². The largest absolute Gasteiger partial charge is 0.535 e. The summed E-state index contributed by atoms with van der Waals surface area (Å²) in [5.41, 5.74) is 1.64. The van der Waals surface area contributed by atoms with Crippen molar-refractivity contribution in [3.63, 3.8) is 0 Å². The summed E-state index contributed by atoms with van der Waals surface area (Å²) in [4.78, 5) is 0. The highest BCUT2D eigenvalue weighted by molar-refractivity contribution is 6.60. The van der Waals surface area contributed by atoms with Gasteiger partial charge in [-0.1, -0.05) is 35.5 Å². The van der Waals surface area contributed by atoms with E-state index < -0.39 is 18.3 Å². The van der Waals surface area contributed by atoms with E-state index in [4.69, 9.17) is 18.6 Å². The van der Waals surface area contributed by atoms with E-state index in [1.54, 1.807) is 0 Å². The van der Waals surface area contributed by atoms with Crippen molar-refractivity contribution in [1.29, 1.82) is 0 Å². The highest BCUT2D eigenvalue weighted by Crippen LogP contribution is 2.36. The zero-order valence-corrected chi connectivity index (χ0v) is 14.0. The first kappa shape index (κ1) is 16.2. The average molecular weight is 315 g/mol. The molecule has 0 radical (unpaired) electrons. The Morgan fingerprint density at radius 2 is 1.65 bits per heavy atom. The summed E-state index contributed by atoms with van der Waals surface area (Å²) >= 11 is 0. The summed E-state index contributed by atoms with van der Waals surface area (Å²) in [6.07, 6.45) is 0. The van der Waals surface area contributed by atoms with Crippen LogP contribution in [-0.2, 0) is 27.3 Å². The highest BCUT2D eigenvalue weighted by atomic mass is 16.7. The second-order valence-electron chi connectivity index (χ2n) is 6.79. The zero-order valence-electron chi connectivity index (χ0n) is 14.0. The smallest absolute Gasteiger partial charge is 0.397 e. The fourth-order valence-electron chi connectivity index (χ4n) is 2.31. The lowest BCUT2D eigenvalue weighted by Crippen LogP contribution is -2.41. The van der Waals surface area contributed by atoms with Crippen LogP contribution in [0.4, 0.5) is 0 Å². The lowest BCUT2D eigenvalue weighted by Gasteiger charge is -2.32. The van der Waals surface area contributed by atoms with E-state index in [1.807, 2.05) is 64.1 Å². The molecule has 0 aliphatic carbocycles. The van der Waals surface area contributed by atoms with Crippen molar-refractivity contribution in [3.8, 4) is 0 Å². The molecule has 2 aromatic rings. The Morgan fingerprint density at radius 3 is 2.30 bits per heavy atom. The van der Waals surface area contributed by atoms with E-state index in [0.717, 1.165) is 11.3 Å². The van der Waals surface area contributed by atoms with E-state index in [-0.39, 0.29) is 0 Å². The number of hydrogen-bond acceptors (Lipinski definition) is 5. The second-order valence-corrected chi connectivity index (χ2v) is 6.79. The van der Waals surface area contributed by atoms with E-state index in [1.165, 1.54) is 0 Å². The van der Waals surface area contributed by atoms with Crippen molar-refractivity contribution in [1.82, 2.24) is 5.16 Å². The molecule has 2 heterocycles. The van der Waals surface area contributed by atoms with Gasteiger partial charge in [0.1, 0.15) is 5.69 Å². The zero-order chi connectivity index (χ0) is 16.5. The number of nitrogens with zero attached hydrogens (tertiary/aromatic N) is 1. The molecule has 1 aromatic heterocycles. The molecule has 1 aliphatic heterocycles. The molecule has 0 spiro atoms. The van der Waals surface area contributed by atoms with Gasteiger partial charge in [-0.15, -0.1) is 0 Å². The Hall–Kier alpha value is -1.63. The minimum Gasteiger partial charge on any atom is -0.397 e. The predicted octanol–water partition coefficient (Wildman–Crippen LogP) is 2.69. The first-order chi connectivity index (χ1) is 10.9. The summed E-state index contributed by atoms with van der Waals surface area (Å²) < 4.78 is 22.9. The van der Waals surface area contributed by atoms with Crippen LogP contribution in [0.2, 0.25) is 0 Å². The number of hydrogen-bond donors (Lipinski definition) is 0. The lowest BCUT2D eigenvalue weighted by atomic mass is 9.86. The van der Waals surface area contributed by atoms with Crippen LogP contribution < -0.4 is 5.66 Å². The molecule has 3 rings (SSSR count). The maximum Gasteiger partial charge on any atom is 0.535 e. The summed E-state index contributed by atoms with van der Waals surface area (Å²) in [6.45, 7) is 8.96. The number of ether oxygens (including phenoxy) is 1. The van der Waals surface area contributed by atoms with Crippen molar-refractivity contribution in [2.75, 3.05) is 0 Å². The Morgan fingerprint density at radius 1 is 1.00 bits per heavy atom. The molecule has 122 valence electrons. The third-order valence-corrected chi connectivity index (χ3v) is 4.42. The maximum atomic E-state index is 5.94. The third kappa shape index (κ3) is 3.49. The standard InChI is InChI=1S/C17H22BNO4/c1-16(2)17(3,4)23-18(22-16)15-10-14(19-21-15)12-20-11-13-8-6-5-7-9-13/h5-10H,11-12H2,1-4H3. The van der Waals surface area contributed by atoms with E-state index in [0.29, 0.717) is 18.9 Å². The molecule has 1 aromatic carbocycles. The monoisotopic (exact) mass is 315 g/mol. The van der Waals surface area contributed by atoms with Gasteiger partial charge in [0.15, 0.2) is 5.66 Å². The summed E-state index contributed by atoms with van der Waals surface area (Å²) in [5, 5.41) is 4.03. The van der Waals surface area contributed by atoms with E-state index in [2.05, 4.69) is 5.16 Å². The minimum absolute atomic E-state index is 0.387. The molecule has 6 heteroatoms. The van der Waals surface area contributed by atoms with Crippen LogP contribution in [0.1, 0.15) is 39.0 Å². The van der Waals surface area contributed by atoms with Gasteiger partial charge in [0.05, 0.1) is 24.4 Å². The topological polar surface area (TPSA) is 53.7 Å². The van der Waals surface area contributed by atoms with Gasteiger partial charge in [-0.2, -0.15) is 0 Å².